The third-order valence-corrected chi connectivity index (χ3v) is 4.78. The van der Waals surface area contributed by atoms with Crippen LogP contribution in [0.25, 0.3) is 0 Å². The van der Waals surface area contributed by atoms with Crippen LogP contribution in [0, 0.1) is 18.3 Å². The minimum absolute atomic E-state index is 0.131. The molecule has 0 radical (unpaired) electrons. The maximum atomic E-state index is 12.5. The lowest BCUT2D eigenvalue weighted by Crippen LogP contribution is -2.15. The normalized spacial score (nSPS) is 10.0. The summed E-state index contributed by atoms with van der Waals surface area (Å²) in [6.45, 7) is 5.30. The molecular formula is C19H18N2O5S. The zero-order valence-corrected chi connectivity index (χ0v) is 15.9. The highest BCUT2D eigenvalue weighted by Crippen LogP contribution is 2.34. The second kappa shape index (κ2) is 8.96. The Morgan fingerprint density at radius 2 is 1.67 bits per heavy atom. The van der Waals surface area contributed by atoms with Crippen molar-refractivity contribution in [1.29, 1.82) is 5.26 Å². The number of esters is 2. The zero-order valence-electron chi connectivity index (χ0n) is 15.1. The molecule has 1 heterocycles. The highest BCUT2D eigenvalue weighted by atomic mass is 32.1. The van der Waals surface area contributed by atoms with E-state index < -0.39 is 17.8 Å². The van der Waals surface area contributed by atoms with E-state index in [1.54, 1.807) is 20.8 Å². The molecule has 0 unspecified atom stereocenters. The molecule has 0 aliphatic carbocycles. The van der Waals surface area contributed by atoms with Crippen LogP contribution in [0.2, 0.25) is 0 Å². The Bertz CT molecular complexity index is 909. The topological polar surface area (TPSA) is 105 Å². The van der Waals surface area contributed by atoms with Gasteiger partial charge in [-0.15, -0.1) is 11.3 Å². The highest BCUT2D eigenvalue weighted by Gasteiger charge is 2.27. The quantitative estimate of drug-likeness (QED) is 0.761. The predicted octanol–water partition coefficient (Wildman–Crippen LogP) is 3.53. The van der Waals surface area contributed by atoms with Crippen molar-refractivity contribution in [2.24, 2.45) is 0 Å². The number of benzene rings is 1. The molecule has 0 spiro atoms. The highest BCUT2D eigenvalue weighted by molar-refractivity contribution is 7.18. The first-order valence-electron chi connectivity index (χ1n) is 8.22. The molecular weight excluding hydrogens is 368 g/mol. The number of nitriles is 1. The first kappa shape index (κ1) is 20.1. The fourth-order valence-corrected chi connectivity index (χ4v) is 3.40. The minimum Gasteiger partial charge on any atom is -0.462 e. The number of nitrogens with zero attached hydrogens (tertiary/aromatic N) is 1. The van der Waals surface area contributed by atoms with Crippen molar-refractivity contribution >= 4 is 34.2 Å². The lowest BCUT2D eigenvalue weighted by molar-refractivity contribution is 0.0527. The fourth-order valence-electron chi connectivity index (χ4n) is 2.31. The van der Waals surface area contributed by atoms with Crippen LogP contribution in [0.15, 0.2) is 24.3 Å². The molecule has 1 aromatic heterocycles. The van der Waals surface area contributed by atoms with Gasteiger partial charge in [-0.05, 0) is 50.6 Å². The number of thiophene rings is 1. The Morgan fingerprint density at radius 1 is 1.07 bits per heavy atom. The van der Waals surface area contributed by atoms with Crippen LogP contribution in [-0.4, -0.2) is 31.1 Å². The molecule has 2 aromatic rings. The number of rotatable bonds is 6. The molecule has 7 nitrogen and oxygen atoms in total. The Balaban J connectivity index is 2.39. The van der Waals surface area contributed by atoms with Crippen molar-refractivity contribution in [2.75, 3.05) is 18.5 Å². The van der Waals surface area contributed by atoms with Crippen molar-refractivity contribution in [1.82, 2.24) is 0 Å². The summed E-state index contributed by atoms with van der Waals surface area (Å²) in [5.74, 6) is -1.66. The van der Waals surface area contributed by atoms with Crippen LogP contribution in [0.5, 0.6) is 0 Å². The monoisotopic (exact) mass is 386 g/mol. The number of nitrogens with one attached hydrogen (secondary N) is 1. The Hall–Kier alpha value is -3.18. The van der Waals surface area contributed by atoms with E-state index in [-0.39, 0.29) is 28.7 Å². The molecule has 0 bridgehead atoms. The van der Waals surface area contributed by atoms with Gasteiger partial charge >= 0.3 is 11.9 Å². The van der Waals surface area contributed by atoms with E-state index in [1.807, 2.05) is 6.07 Å². The van der Waals surface area contributed by atoms with Gasteiger partial charge in [0.25, 0.3) is 5.91 Å². The molecule has 0 saturated heterocycles. The molecule has 0 atom stereocenters. The lowest BCUT2D eigenvalue weighted by atomic mass is 10.1. The van der Waals surface area contributed by atoms with E-state index in [0.29, 0.717) is 16.7 Å². The van der Waals surface area contributed by atoms with E-state index in [2.05, 4.69) is 5.32 Å². The molecule has 0 aliphatic rings. The van der Waals surface area contributed by atoms with E-state index in [1.165, 1.54) is 24.3 Å². The van der Waals surface area contributed by atoms with Gasteiger partial charge in [-0.1, -0.05) is 0 Å². The van der Waals surface area contributed by atoms with Crippen LogP contribution < -0.4 is 5.32 Å². The molecule has 0 aliphatic heterocycles. The van der Waals surface area contributed by atoms with Crippen LogP contribution in [-0.2, 0) is 9.47 Å². The number of ether oxygens (including phenoxy) is 2. The van der Waals surface area contributed by atoms with Gasteiger partial charge in [0.2, 0.25) is 0 Å². The Morgan fingerprint density at radius 3 is 2.22 bits per heavy atom. The SMILES string of the molecule is CCOC(=O)c1sc(NC(=O)c2ccc(C#N)cc2)c(C(=O)OCC)c1C. The number of carbonyl (C=O) groups is 3. The van der Waals surface area contributed by atoms with Crippen molar-refractivity contribution < 1.29 is 23.9 Å². The summed E-state index contributed by atoms with van der Waals surface area (Å²) in [6, 6.07) is 8.02. The summed E-state index contributed by atoms with van der Waals surface area (Å²) in [7, 11) is 0. The van der Waals surface area contributed by atoms with Crippen molar-refractivity contribution in [2.45, 2.75) is 20.8 Å². The summed E-state index contributed by atoms with van der Waals surface area (Å²) >= 11 is 0.959. The standard InChI is InChI=1S/C19H18N2O5S/c1-4-25-18(23)14-11(3)15(19(24)26-5-2)27-17(14)21-16(22)13-8-6-12(10-20)7-9-13/h6-9H,4-5H2,1-3H3,(H,21,22). The Kier molecular flexibility index (Phi) is 6.68. The number of amides is 1. The first-order valence-corrected chi connectivity index (χ1v) is 9.03. The number of hydrogen-bond acceptors (Lipinski definition) is 7. The summed E-state index contributed by atoms with van der Waals surface area (Å²) in [4.78, 5) is 37.2. The third kappa shape index (κ3) is 4.51. The van der Waals surface area contributed by atoms with E-state index in [4.69, 9.17) is 14.7 Å². The number of anilines is 1. The molecule has 0 saturated carbocycles. The largest absolute Gasteiger partial charge is 0.462 e. The second-order valence-corrected chi connectivity index (χ2v) is 6.37. The second-order valence-electron chi connectivity index (χ2n) is 5.34. The third-order valence-electron chi connectivity index (χ3n) is 3.59. The average Bonchev–Trinajstić information content (AvgIpc) is 2.98. The molecule has 27 heavy (non-hydrogen) atoms. The first-order chi connectivity index (χ1) is 12.9. The minimum atomic E-state index is -0.628. The van der Waals surface area contributed by atoms with Gasteiger partial charge in [0, 0.05) is 5.56 Å². The van der Waals surface area contributed by atoms with Crippen LogP contribution >= 0.6 is 11.3 Å². The summed E-state index contributed by atoms with van der Waals surface area (Å²) in [6.07, 6.45) is 0. The van der Waals surface area contributed by atoms with E-state index in [0.717, 1.165) is 11.3 Å². The van der Waals surface area contributed by atoms with Crippen LogP contribution in [0.1, 0.15) is 55.4 Å². The zero-order chi connectivity index (χ0) is 20.0. The molecule has 1 N–H and O–H groups in total. The Labute approximate surface area is 160 Å². The number of carbonyl (C=O) groups excluding carboxylic acids is 3. The van der Waals surface area contributed by atoms with Gasteiger partial charge in [0.1, 0.15) is 9.88 Å². The van der Waals surface area contributed by atoms with Crippen molar-refractivity contribution in [3.8, 4) is 6.07 Å². The van der Waals surface area contributed by atoms with Gasteiger partial charge in [-0.2, -0.15) is 5.26 Å². The molecule has 2 rings (SSSR count). The summed E-state index contributed by atoms with van der Waals surface area (Å²) < 4.78 is 10.1. The predicted molar refractivity (Wildman–Crippen MR) is 100 cm³/mol. The van der Waals surface area contributed by atoms with Crippen molar-refractivity contribution in [3.63, 3.8) is 0 Å². The molecule has 8 heteroatoms. The maximum Gasteiger partial charge on any atom is 0.348 e. The molecule has 1 aromatic carbocycles. The van der Waals surface area contributed by atoms with E-state index >= 15 is 0 Å². The smallest absolute Gasteiger partial charge is 0.348 e. The van der Waals surface area contributed by atoms with Crippen molar-refractivity contribution in [3.05, 3.63) is 51.4 Å². The number of hydrogen-bond donors (Lipinski definition) is 1. The summed E-state index contributed by atoms with van der Waals surface area (Å²) in [5.41, 5.74) is 1.27. The molecule has 1 amide bonds. The van der Waals surface area contributed by atoms with Gasteiger partial charge < -0.3 is 14.8 Å². The van der Waals surface area contributed by atoms with Gasteiger partial charge in [-0.25, -0.2) is 9.59 Å². The molecule has 0 fully saturated rings. The lowest BCUT2D eigenvalue weighted by Gasteiger charge is -2.07. The van der Waals surface area contributed by atoms with Gasteiger partial charge in [-0.3, -0.25) is 4.79 Å². The fraction of sp³-hybridized carbons (Fsp3) is 0.263. The summed E-state index contributed by atoms with van der Waals surface area (Å²) in [5, 5.41) is 11.7. The maximum absolute atomic E-state index is 12.5. The van der Waals surface area contributed by atoms with Gasteiger partial charge in [0.05, 0.1) is 30.4 Å². The molecule has 140 valence electrons. The van der Waals surface area contributed by atoms with E-state index in [9.17, 15) is 14.4 Å². The van der Waals surface area contributed by atoms with Crippen LogP contribution in [0.4, 0.5) is 5.00 Å². The average molecular weight is 386 g/mol. The van der Waals surface area contributed by atoms with Gasteiger partial charge in [0.15, 0.2) is 0 Å². The van der Waals surface area contributed by atoms with Crippen LogP contribution in [0.3, 0.4) is 0 Å².